The molecule has 0 saturated heterocycles. The van der Waals surface area contributed by atoms with Gasteiger partial charge in [-0.1, -0.05) is 17.7 Å². The van der Waals surface area contributed by atoms with E-state index in [0.717, 1.165) is 5.69 Å². The molecule has 0 spiro atoms. The number of aryl methyl sites for hydroxylation is 2. The lowest BCUT2D eigenvalue weighted by Crippen LogP contribution is -2.30. The maximum Gasteiger partial charge on any atom is 0.338 e. The summed E-state index contributed by atoms with van der Waals surface area (Å²) < 4.78 is 6.85. The highest BCUT2D eigenvalue weighted by Crippen LogP contribution is 2.19. The van der Waals surface area contributed by atoms with Gasteiger partial charge in [0.05, 0.1) is 22.6 Å². The van der Waals surface area contributed by atoms with Crippen LogP contribution in [-0.4, -0.2) is 27.8 Å². The zero-order valence-electron chi connectivity index (χ0n) is 13.4. The van der Waals surface area contributed by atoms with Gasteiger partial charge in [0.1, 0.15) is 0 Å². The molecule has 6 nitrogen and oxygen atoms in total. The highest BCUT2D eigenvalue weighted by atomic mass is 35.5. The molecular weight excluding hydrogens is 318 g/mol. The molecule has 0 aliphatic heterocycles. The first-order valence-corrected chi connectivity index (χ1v) is 7.45. The van der Waals surface area contributed by atoms with E-state index in [4.69, 9.17) is 16.3 Å². The van der Waals surface area contributed by atoms with E-state index in [-0.39, 0.29) is 0 Å². The van der Waals surface area contributed by atoms with Crippen molar-refractivity contribution in [3.8, 4) is 0 Å². The molecule has 23 heavy (non-hydrogen) atoms. The first-order valence-electron chi connectivity index (χ1n) is 7.07. The van der Waals surface area contributed by atoms with Gasteiger partial charge < -0.3 is 10.1 Å². The summed E-state index contributed by atoms with van der Waals surface area (Å²) in [5, 5.41) is 7.39. The van der Waals surface area contributed by atoms with Gasteiger partial charge in [-0.25, -0.2) is 4.79 Å². The lowest BCUT2D eigenvalue weighted by atomic mass is 10.2. The molecule has 0 aliphatic rings. The summed E-state index contributed by atoms with van der Waals surface area (Å²) in [6.45, 7) is 5.16. The summed E-state index contributed by atoms with van der Waals surface area (Å²) in [4.78, 5) is 24.2. The topological polar surface area (TPSA) is 73.2 Å². The van der Waals surface area contributed by atoms with Gasteiger partial charge in [-0.05, 0) is 39.0 Å². The zero-order valence-corrected chi connectivity index (χ0v) is 14.1. The largest absolute Gasteiger partial charge is 0.449 e. The number of anilines is 1. The number of carbonyl (C=O) groups is 2. The second-order valence-electron chi connectivity index (χ2n) is 5.22. The van der Waals surface area contributed by atoms with E-state index in [1.807, 2.05) is 6.92 Å². The van der Waals surface area contributed by atoms with Gasteiger partial charge >= 0.3 is 5.97 Å². The van der Waals surface area contributed by atoms with Crippen molar-refractivity contribution in [2.75, 3.05) is 5.32 Å². The standard InChI is InChI=1S/C16H18ClN3O3/c1-9-14(10(2)20(4)19-9)18-15(21)11(3)23-16(22)12-6-5-7-13(17)8-12/h5-8,11H,1-4H3,(H,18,21)/t11-/m1/s1. The fraction of sp³-hybridized carbons (Fsp3) is 0.312. The molecule has 7 heteroatoms. The molecule has 122 valence electrons. The predicted octanol–water partition coefficient (Wildman–Crippen LogP) is 2.87. The lowest BCUT2D eigenvalue weighted by molar-refractivity contribution is -0.123. The van der Waals surface area contributed by atoms with Crippen molar-refractivity contribution in [2.24, 2.45) is 7.05 Å². The van der Waals surface area contributed by atoms with E-state index < -0.39 is 18.0 Å². The Hall–Kier alpha value is -2.34. The Kier molecular flexibility index (Phi) is 5.05. The summed E-state index contributed by atoms with van der Waals surface area (Å²) in [5.74, 6) is -1.02. The molecule has 0 radical (unpaired) electrons. The Balaban J connectivity index is 2.04. The van der Waals surface area contributed by atoms with Gasteiger partial charge in [-0.3, -0.25) is 9.48 Å². The number of ether oxygens (including phenoxy) is 1. The fourth-order valence-electron chi connectivity index (χ4n) is 2.08. The molecule has 1 aromatic heterocycles. The van der Waals surface area contributed by atoms with Crippen LogP contribution in [0.1, 0.15) is 28.7 Å². The second-order valence-corrected chi connectivity index (χ2v) is 5.65. The molecule has 0 aliphatic carbocycles. The minimum absolute atomic E-state index is 0.297. The quantitative estimate of drug-likeness (QED) is 0.872. The predicted molar refractivity (Wildman–Crippen MR) is 87.6 cm³/mol. The van der Waals surface area contributed by atoms with Gasteiger partial charge in [0.25, 0.3) is 5.91 Å². The minimum atomic E-state index is -0.944. The Labute approximate surface area is 139 Å². The highest BCUT2D eigenvalue weighted by molar-refractivity contribution is 6.30. The SMILES string of the molecule is Cc1nn(C)c(C)c1NC(=O)[C@@H](C)OC(=O)c1cccc(Cl)c1. The highest BCUT2D eigenvalue weighted by Gasteiger charge is 2.21. The minimum Gasteiger partial charge on any atom is -0.449 e. The molecule has 1 amide bonds. The van der Waals surface area contributed by atoms with Crippen LogP contribution in [0.15, 0.2) is 24.3 Å². The van der Waals surface area contributed by atoms with E-state index in [0.29, 0.717) is 22.0 Å². The summed E-state index contributed by atoms with van der Waals surface area (Å²) in [6, 6.07) is 6.37. The molecule has 0 bridgehead atoms. The van der Waals surface area contributed by atoms with Crippen molar-refractivity contribution in [2.45, 2.75) is 26.9 Å². The number of halogens is 1. The smallest absolute Gasteiger partial charge is 0.338 e. The number of benzene rings is 1. The molecule has 0 unspecified atom stereocenters. The molecule has 1 heterocycles. The van der Waals surface area contributed by atoms with Crippen LogP contribution in [0.3, 0.4) is 0 Å². The number of carbonyl (C=O) groups excluding carboxylic acids is 2. The third kappa shape index (κ3) is 3.90. The van der Waals surface area contributed by atoms with E-state index in [2.05, 4.69) is 10.4 Å². The molecule has 2 rings (SSSR count). The van der Waals surface area contributed by atoms with Crippen molar-refractivity contribution in [3.05, 3.63) is 46.2 Å². The van der Waals surface area contributed by atoms with E-state index >= 15 is 0 Å². The number of amides is 1. The van der Waals surface area contributed by atoms with Crippen LogP contribution < -0.4 is 5.32 Å². The normalized spacial score (nSPS) is 11.9. The average molecular weight is 336 g/mol. The Morgan fingerprint density at radius 3 is 2.61 bits per heavy atom. The summed E-state index contributed by atoms with van der Waals surface area (Å²) in [5.41, 5.74) is 2.45. The zero-order chi connectivity index (χ0) is 17.1. The Morgan fingerprint density at radius 2 is 2.04 bits per heavy atom. The first kappa shape index (κ1) is 17.0. The second kappa shape index (κ2) is 6.83. The van der Waals surface area contributed by atoms with Gasteiger partial charge in [0.15, 0.2) is 6.10 Å². The van der Waals surface area contributed by atoms with Crippen LogP contribution in [0.25, 0.3) is 0 Å². The average Bonchev–Trinajstić information content (AvgIpc) is 2.73. The fourth-order valence-corrected chi connectivity index (χ4v) is 2.27. The third-order valence-corrected chi connectivity index (χ3v) is 3.71. The number of aromatic nitrogens is 2. The van der Waals surface area contributed by atoms with Crippen LogP contribution in [0.4, 0.5) is 5.69 Å². The van der Waals surface area contributed by atoms with Crippen LogP contribution in [0.5, 0.6) is 0 Å². The maximum atomic E-state index is 12.2. The van der Waals surface area contributed by atoms with E-state index in [1.54, 1.807) is 36.9 Å². The van der Waals surface area contributed by atoms with E-state index in [1.165, 1.54) is 13.0 Å². The molecule has 1 aromatic carbocycles. The molecule has 1 atom stereocenters. The summed E-state index contributed by atoms with van der Waals surface area (Å²) in [6.07, 6.45) is -0.944. The van der Waals surface area contributed by atoms with Crippen LogP contribution in [-0.2, 0) is 16.6 Å². The van der Waals surface area contributed by atoms with Crippen LogP contribution >= 0.6 is 11.6 Å². The van der Waals surface area contributed by atoms with Crippen LogP contribution in [0, 0.1) is 13.8 Å². The lowest BCUT2D eigenvalue weighted by Gasteiger charge is -2.14. The number of hydrogen-bond donors (Lipinski definition) is 1. The Morgan fingerprint density at radius 1 is 1.35 bits per heavy atom. The summed E-state index contributed by atoms with van der Waals surface area (Å²) in [7, 11) is 1.79. The number of nitrogens with zero attached hydrogens (tertiary/aromatic N) is 2. The molecular formula is C16H18ClN3O3. The number of rotatable bonds is 4. The van der Waals surface area contributed by atoms with Gasteiger partial charge in [0, 0.05) is 12.1 Å². The van der Waals surface area contributed by atoms with Crippen molar-refractivity contribution in [1.82, 2.24) is 9.78 Å². The van der Waals surface area contributed by atoms with Gasteiger partial charge in [-0.2, -0.15) is 5.10 Å². The maximum absolute atomic E-state index is 12.2. The van der Waals surface area contributed by atoms with Gasteiger partial charge in [-0.15, -0.1) is 0 Å². The van der Waals surface area contributed by atoms with Gasteiger partial charge in [0.2, 0.25) is 0 Å². The third-order valence-electron chi connectivity index (χ3n) is 3.47. The van der Waals surface area contributed by atoms with Crippen molar-refractivity contribution in [1.29, 1.82) is 0 Å². The molecule has 2 aromatic rings. The van der Waals surface area contributed by atoms with Crippen molar-refractivity contribution >= 4 is 29.2 Å². The molecule has 1 N–H and O–H groups in total. The number of nitrogens with one attached hydrogen (secondary N) is 1. The first-order chi connectivity index (χ1) is 10.8. The number of esters is 1. The molecule has 0 fully saturated rings. The van der Waals surface area contributed by atoms with Crippen LogP contribution in [0.2, 0.25) is 5.02 Å². The molecule has 0 saturated carbocycles. The summed E-state index contributed by atoms with van der Waals surface area (Å²) >= 11 is 5.84. The monoisotopic (exact) mass is 335 g/mol. The number of hydrogen-bond acceptors (Lipinski definition) is 4. The van der Waals surface area contributed by atoms with Crippen molar-refractivity contribution < 1.29 is 14.3 Å². The van der Waals surface area contributed by atoms with E-state index in [9.17, 15) is 9.59 Å². The van der Waals surface area contributed by atoms with Crippen molar-refractivity contribution in [3.63, 3.8) is 0 Å². The Bertz CT molecular complexity index is 755.